The lowest BCUT2D eigenvalue weighted by atomic mass is 10.1. The van der Waals surface area contributed by atoms with Crippen LogP contribution in [0, 0.1) is 12.8 Å². The van der Waals surface area contributed by atoms with Crippen LogP contribution in [-0.2, 0) is 14.3 Å². The second kappa shape index (κ2) is 7.80. The number of halogens is 1. The Hall–Kier alpha value is -2.86. The van der Waals surface area contributed by atoms with Gasteiger partial charge in [-0.1, -0.05) is 23.7 Å². The van der Waals surface area contributed by atoms with E-state index in [-0.39, 0.29) is 24.8 Å². The van der Waals surface area contributed by atoms with Gasteiger partial charge in [0.2, 0.25) is 11.8 Å². The number of methoxy groups -OCH3 is 1. The number of amides is 2. The van der Waals surface area contributed by atoms with Crippen LogP contribution >= 0.6 is 11.6 Å². The van der Waals surface area contributed by atoms with Crippen molar-refractivity contribution in [1.82, 2.24) is 0 Å². The number of esters is 1. The Morgan fingerprint density at radius 2 is 2.00 bits per heavy atom. The smallest absolute Gasteiger partial charge is 0.337 e. The average Bonchev–Trinajstić information content (AvgIpc) is 3.06. The molecule has 1 unspecified atom stereocenters. The lowest BCUT2D eigenvalue weighted by Gasteiger charge is -2.17. The molecule has 1 aliphatic heterocycles. The second-order valence-corrected chi connectivity index (χ2v) is 6.81. The molecule has 1 saturated heterocycles. The highest BCUT2D eigenvalue weighted by Crippen LogP contribution is 2.27. The van der Waals surface area contributed by atoms with Crippen molar-refractivity contribution in [1.29, 1.82) is 0 Å². The van der Waals surface area contributed by atoms with Crippen molar-refractivity contribution in [2.24, 2.45) is 5.92 Å². The van der Waals surface area contributed by atoms with Crippen molar-refractivity contribution in [2.75, 3.05) is 23.9 Å². The second-order valence-electron chi connectivity index (χ2n) is 6.40. The first-order valence-corrected chi connectivity index (χ1v) is 8.82. The average molecular weight is 387 g/mol. The molecule has 3 rings (SSSR count). The molecule has 2 aromatic rings. The zero-order chi connectivity index (χ0) is 19.6. The minimum absolute atomic E-state index is 0.105. The molecule has 27 heavy (non-hydrogen) atoms. The zero-order valence-corrected chi connectivity index (χ0v) is 15.7. The Morgan fingerprint density at radius 3 is 2.70 bits per heavy atom. The largest absolute Gasteiger partial charge is 0.465 e. The van der Waals surface area contributed by atoms with Crippen molar-refractivity contribution < 1.29 is 19.1 Å². The van der Waals surface area contributed by atoms with Crippen LogP contribution in [0.5, 0.6) is 0 Å². The summed E-state index contributed by atoms with van der Waals surface area (Å²) in [5.41, 5.74) is 2.43. The van der Waals surface area contributed by atoms with Crippen molar-refractivity contribution in [3.05, 3.63) is 58.6 Å². The summed E-state index contributed by atoms with van der Waals surface area (Å²) in [6.45, 7) is 2.12. The molecule has 0 radical (unpaired) electrons. The number of benzene rings is 2. The molecule has 1 heterocycles. The number of nitrogens with zero attached hydrogens (tertiary/aromatic N) is 1. The zero-order valence-electron chi connectivity index (χ0n) is 15.0. The number of carbonyl (C=O) groups is 3. The van der Waals surface area contributed by atoms with Crippen LogP contribution in [-0.4, -0.2) is 31.4 Å². The van der Waals surface area contributed by atoms with Crippen LogP contribution < -0.4 is 10.2 Å². The molecular formula is C20H19ClN2O4. The third-order valence-electron chi connectivity index (χ3n) is 4.51. The fraction of sp³-hybridized carbons (Fsp3) is 0.250. The SMILES string of the molecule is COC(=O)c1cccc(N2CC(C(=O)Nc3ccc(C)c(Cl)c3)CC2=O)c1. The number of rotatable bonds is 4. The molecule has 140 valence electrons. The van der Waals surface area contributed by atoms with Crippen LogP contribution in [0.2, 0.25) is 5.02 Å². The summed E-state index contributed by atoms with van der Waals surface area (Å²) in [5.74, 6) is -1.37. The molecule has 6 nitrogen and oxygen atoms in total. The Morgan fingerprint density at radius 1 is 1.22 bits per heavy atom. The van der Waals surface area contributed by atoms with Gasteiger partial charge in [0.25, 0.3) is 0 Å². The number of carbonyl (C=O) groups excluding carboxylic acids is 3. The minimum atomic E-state index is -0.487. The lowest BCUT2D eigenvalue weighted by molar-refractivity contribution is -0.122. The van der Waals surface area contributed by atoms with Crippen LogP contribution in [0.1, 0.15) is 22.3 Å². The standard InChI is InChI=1S/C20H19ClN2O4/c1-12-6-7-15(10-17(12)21)22-19(25)14-9-18(24)23(11-14)16-5-3-4-13(8-16)20(26)27-2/h3-8,10,14H,9,11H2,1-2H3,(H,22,25). The van der Waals surface area contributed by atoms with E-state index in [0.29, 0.717) is 22.0 Å². The molecule has 0 aromatic heterocycles. The highest BCUT2D eigenvalue weighted by atomic mass is 35.5. The predicted molar refractivity (Wildman–Crippen MR) is 103 cm³/mol. The maximum absolute atomic E-state index is 12.5. The molecule has 2 amide bonds. The summed E-state index contributed by atoms with van der Waals surface area (Å²) in [4.78, 5) is 38.1. The monoisotopic (exact) mass is 386 g/mol. The van der Waals surface area contributed by atoms with Gasteiger partial charge in [-0.05, 0) is 42.8 Å². The number of ether oxygens (including phenoxy) is 1. The van der Waals surface area contributed by atoms with Gasteiger partial charge < -0.3 is 15.0 Å². The van der Waals surface area contributed by atoms with E-state index in [9.17, 15) is 14.4 Å². The first-order valence-electron chi connectivity index (χ1n) is 8.45. The summed E-state index contributed by atoms with van der Waals surface area (Å²) in [6.07, 6.45) is 0.105. The number of aryl methyl sites for hydroxylation is 1. The maximum atomic E-state index is 12.5. The van der Waals surface area contributed by atoms with Crippen LogP contribution in [0.4, 0.5) is 11.4 Å². The van der Waals surface area contributed by atoms with Gasteiger partial charge in [0.05, 0.1) is 18.6 Å². The van der Waals surface area contributed by atoms with Gasteiger partial charge in [-0.25, -0.2) is 4.79 Å². The van der Waals surface area contributed by atoms with E-state index in [1.807, 2.05) is 13.0 Å². The van der Waals surface area contributed by atoms with E-state index in [2.05, 4.69) is 5.32 Å². The van der Waals surface area contributed by atoms with Gasteiger partial charge in [0.15, 0.2) is 0 Å². The Balaban J connectivity index is 1.72. The highest BCUT2D eigenvalue weighted by molar-refractivity contribution is 6.31. The summed E-state index contributed by atoms with van der Waals surface area (Å²) >= 11 is 6.08. The summed E-state index contributed by atoms with van der Waals surface area (Å²) in [5, 5.41) is 3.37. The molecule has 0 spiro atoms. The minimum Gasteiger partial charge on any atom is -0.465 e. The van der Waals surface area contributed by atoms with Crippen molar-refractivity contribution in [2.45, 2.75) is 13.3 Å². The highest BCUT2D eigenvalue weighted by Gasteiger charge is 2.35. The van der Waals surface area contributed by atoms with Gasteiger partial charge in [0, 0.05) is 29.4 Å². The van der Waals surface area contributed by atoms with Crippen LogP contribution in [0.15, 0.2) is 42.5 Å². The number of hydrogen-bond acceptors (Lipinski definition) is 4. The van der Waals surface area contributed by atoms with Crippen LogP contribution in [0.25, 0.3) is 0 Å². The molecule has 1 fully saturated rings. The fourth-order valence-electron chi connectivity index (χ4n) is 2.97. The molecular weight excluding hydrogens is 368 g/mol. The lowest BCUT2D eigenvalue weighted by Crippen LogP contribution is -2.28. The van der Waals surface area contributed by atoms with E-state index in [0.717, 1.165) is 5.56 Å². The van der Waals surface area contributed by atoms with E-state index < -0.39 is 11.9 Å². The predicted octanol–water partition coefficient (Wildman–Crippen LogP) is 3.43. The Labute approximate surface area is 162 Å². The van der Waals surface area contributed by atoms with Crippen molar-refractivity contribution in [3.63, 3.8) is 0 Å². The number of anilines is 2. The van der Waals surface area contributed by atoms with E-state index in [1.165, 1.54) is 12.0 Å². The molecule has 7 heteroatoms. The van der Waals surface area contributed by atoms with Gasteiger partial charge in [-0.2, -0.15) is 0 Å². The summed E-state index contributed by atoms with van der Waals surface area (Å²) in [6, 6.07) is 11.9. The molecule has 0 bridgehead atoms. The van der Waals surface area contributed by atoms with Crippen LogP contribution in [0.3, 0.4) is 0 Å². The summed E-state index contributed by atoms with van der Waals surface area (Å²) in [7, 11) is 1.30. The molecule has 2 aromatic carbocycles. The molecule has 1 aliphatic rings. The molecule has 0 saturated carbocycles. The normalized spacial score (nSPS) is 16.3. The number of hydrogen-bond donors (Lipinski definition) is 1. The first kappa shape index (κ1) is 18.9. The van der Waals surface area contributed by atoms with Crippen molar-refractivity contribution >= 4 is 40.8 Å². The fourth-order valence-corrected chi connectivity index (χ4v) is 3.15. The van der Waals surface area contributed by atoms with E-state index in [1.54, 1.807) is 36.4 Å². The van der Waals surface area contributed by atoms with E-state index in [4.69, 9.17) is 16.3 Å². The van der Waals surface area contributed by atoms with Crippen molar-refractivity contribution in [3.8, 4) is 0 Å². The molecule has 1 atom stereocenters. The number of nitrogens with one attached hydrogen (secondary N) is 1. The van der Waals surface area contributed by atoms with Gasteiger partial charge in [-0.15, -0.1) is 0 Å². The third-order valence-corrected chi connectivity index (χ3v) is 4.92. The van der Waals surface area contributed by atoms with Gasteiger partial charge in [-0.3, -0.25) is 9.59 Å². The van der Waals surface area contributed by atoms with Gasteiger partial charge >= 0.3 is 5.97 Å². The molecule has 0 aliphatic carbocycles. The summed E-state index contributed by atoms with van der Waals surface area (Å²) < 4.78 is 4.71. The van der Waals surface area contributed by atoms with Gasteiger partial charge in [0.1, 0.15) is 0 Å². The third kappa shape index (κ3) is 4.11. The maximum Gasteiger partial charge on any atom is 0.337 e. The Bertz CT molecular complexity index is 913. The topological polar surface area (TPSA) is 75.7 Å². The quantitative estimate of drug-likeness (QED) is 0.817. The molecule has 1 N–H and O–H groups in total. The first-order chi connectivity index (χ1) is 12.9. The Kier molecular flexibility index (Phi) is 5.46. The van der Waals surface area contributed by atoms with E-state index >= 15 is 0 Å².